The van der Waals surface area contributed by atoms with Crippen LogP contribution < -0.4 is 10.1 Å². The fourth-order valence-electron chi connectivity index (χ4n) is 2.09. The van der Waals surface area contributed by atoms with Crippen LogP contribution in [0.15, 0.2) is 22.7 Å². The molecule has 2 nitrogen and oxygen atoms in total. The minimum atomic E-state index is -0.257. The van der Waals surface area contributed by atoms with Gasteiger partial charge < -0.3 is 10.1 Å². The molecule has 0 amide bonds. The van der Waals surface area contributed by atoms with Crippen LogP contribution >= 0.6 is 15.9 Å². The van der Waals surface area contributed by atoms with Crippen LogP contribution in [0.3, 0.4) is 0 Å². The zero-order chi connectivity index (χ0) is 12.1. The number of benzene rings is 1. The van der Waals surface area contributed by atoms with Gasteiger partial charge in [-0.1, -0.05) is 0 Å². The summed E-state index contributed by atoms with van der Waals surface area (Å²) in [5.74, 6) is 0.463. The monoisotopic (exact) mass is 301 g/mol. The average Bonchev–Trinajstić information content (AvgIpc) is 2.82. The molecule has 1 saturated heterocycles. The molecule has 1 aromatic rings. The first-order valence-electron chi connectivity index (χ1n) is 6.07. The summed E-state index contributed by atoms with van der Waals surface area (Å²) < 4.78 is 19.0. The third kappa shape index (κ3) is 3.96. The number of ether oxygens (including phenoxy) is 1. The molecule has 0 aliphatic carbocycles. The zero-order valence-electron chi connectivity index (χ0n) is 9.72. The molecule has 1 N–H and O–H groups in total. The Morgan fingerprint density at radius 1 is 1.47 bits per heavy atom. The molecule has 2 rings (SSSR count). The second-order valence-corrected chi connectivity index (χ2v) is 5.21. The predicted molar refractivity (Wildman–Crippen MR) is 69.9 cm³/mol. The molecule has 1 aliphatic heterocycles. The zero-order valence-corrected chi connectivity index (χ0v) is 11.3. The molecule has 1 aromatic carbocycles. The van der Waals surface area contributed by atoms with Gasteiger partial charge in [-0.3, -0.25) is 0 Å². The Morgan fingerprint density at radius 3 is 3.06 bits per heavy atom. The van der Waals surface area contributed by atoms with E-state index in [1.165, 1.54) is 18.9 Å². The summed E-state index contributed by atoms with van der Waals surface area (Å²) in [6.07, 6.45) is 4.76. The fourth-order valence-corrected chi connectivity index (χ4v) is 2.45. The van der Waals surface area contributed by atoms with Crippen LogP contribution in [-0.4, -0.2) is 19.2 Å². The minimum Gasteiger partial charge on any atom is -0.494 e. The first kappa shape index (κ1) is 12.8. The maximum atomic E-state index is 13.0. The van der Waals surface area contributed by atoms with E-state index >= 15 is 0 Å². The highest BCUT2D eigenvalue weighted by Crippen LogP contribution is 2.22. The van der Waals surface area contributed by atoms with Crippen molar-refractivity contribution in [2.75, 3.05) is 13.2 Å². The lowest BCUT2D eigenvalue weighted by molar-refractivity contribution is 0.298. The van der Waals surface area contributed by atoms with Gasteiger partial charge in [0.05, 0.1) is 11.1 Å². The summed E-state index contributed by atoms with van der Waals surface area (Å²) in [6.45, 7) is 1.84. The van der Waals surface area contributed by atoms with Crippen molar-refractivity contribution in [2.24, 2.45) is 0 Å². The van der Waals surface area contributed by atoms with Crippen molar-refractivity contribution in [1.82, 2.24) is 5.32 Å². The molecular weight excluding hydrogens is 285 g/mol. The number of hydrogen-bond donors (Lipinski definition) is 1. The van der Waals surface area contributed by atoms with Crippen molar-refractivity contribution in [2.45, 2.75) is 31.7 Å². The summed E-state index contributed by atoms with van der Waals surface area (Å²) in [4.78, 5) is 0. The Kier molecular flexibility index (Phi) is 4.80. The molecule has 4 heteroatoms. The van der Waals surface area contributed by atoms with Crippen LogP contribution in [-0.2, 0) is 0 Å². The van der Waals surface area contributed by atoms with Crippen molar-refractivity contribution >= 4 is 15.9 Å². The molecule has 1 heterocycles. The Morgan fingerprint density at radius 2 is 2.35 bits per heavy atom. The highest BCUT2D eigenvalue weighted by Gasteiger charge is 2.12. The van der Waals surface area contributed by atoms with Crippen LogP contribution in [0.2, 0.25) is 0 Å². The third-order valence-electron chi connectivity index (χ3n) is 3.02. The smallest absolute Gasteiger partial charge is 0.137 e. The normalized spacial score (nSPS) is 19.5. The lowest BCUT2D eigenvalue weighted by Gasteiger charge is -2.10. The van der Waals surface area contributed by atoms with Crippen LogP contribution in [0.4, 0.5) is 4.39 Å². The molecule has 1 unspecified atom stereocenters. The van der Waals surface area contributed by atoms with Crippen molar-refractivity contribution in [1.29, 1.82) is 0 Å². The van der Waals surface area contributed by atoms with Crippen molar-refractivity contribution in [3.05, 3.63) is 28.5 Å². The first-order chi connectivity index (χ1) is 8.25. The topological polar surface area (TPSA) is 21.3 Å². The van der Waals surface area contributed by atoms with E-state index < -0.39 is 0 Å². The summed E-state index contributed by atoms with van der Waals surface area (Å²) in [5.41, 5.74) is 0. The summed E-state index contributed by atoms with van der Waals surface area (Å²) >= 11 is 3.14. The Hall–Kier alpha value is -0.610. The molecular formula is C13H17BrFNO. The molecule has 1 fully saturated rings. The second-order valence-electron chi connectivity index (χ2n) is 4.36. The van der Waals surface area contributed by atoms with Crippen molar-refractivity contribution < 1.29 is 9.13 Å². The van der Waals surface area contributed by atoms with Crippen molar-refractivity contribution in [3.8, 4) is 5.75 Å². The standard InChI is InChI=1S/C13H17BrFNO/c14-12-9-11(5-6-13(12)15)17-8-2-4-10-3-1-7-16-10/h5-6,9-10,16H,1-4,7-8H2. The Balaban J connectivity index is 1.68. The SMILES string of the molecule is Fc1ccc(OCCCC2CCCN2)cc1Br. The maximum absolute atomic E-state index is 13.0. The van der Waals surface area contributed by atoms with E-state index in [4.69, 9.17) is 4.74 Å². The maximum Gasteiger partial charge on any atom is 0.137 e. The van der Waals surface area contributed by atoms with Gasteiger partial charge in [0.15, 0.2) is 0 Å². The van der Waals surface area contributed by atoms with Gasteiger partial charge in [-0.15, -0.1) is 0 Å². The largest absolute Gasteiger partial charge is 0.494 e. The van der Waals surface area contributed by atoms with Gasteiger partial charge in [-0.05, 0) is 66.4 Å². The van der Waals surface area contributed by atoms with Gasteiger partial charge in [0.25, 0.3) is 0 Å². The molecule has 0 bridgehead atoms. The molecule has 1 atom stereocenters. The molecule has 0 aromatic heterocycles. The van der Waals surface area contributed by atoms with E-state index in [-0.39, 0.29) is 5.82 Å². The van der Waals surface area contributed by atoms with Gasteiger partial charge in [0, 0.05) is 6.04 Å². The van der Waals surface area contributed by atoms with E-state index in [1.807, 2.05) is 0 Å². The Bertz CT molecular complexity index is 366. The van der Waals surface area contributed by atoms with Crippen LogP contribution in [0.25, 0.3) is 0 Å². The lowest BCUT2D eigenvalue weighted by Crippen LogP contribution is -2.21. The van der Waals surface area contributed by atoms with Crippen LogP contribution in [0.5, 0.6) is 5.75 Å². The van der Waals surface area contributed by atoms with Gasteiger partial charge >= 0.3 is 0 Å². The molecule has 0 radical (unpaired) electrons. The van der Waals surface area contributed by atoms with E-state index in [1.54, 1.807) is 12.1 Å². The van der Waals surface area contributed by atoms with Gasteiger partial charge in [-0.2, -0.15) is 0 Å². The fraction of sp³-hybridized carbons (Fsp3) is 0.538. The van der Waals surface area contributed by atoms with Crippen molar-refractivity contribution in [3.63, 3.8) is 0 Å². The highest BCUT2D eigenvalue weighted by molar-refractivity contribution is 9.10. The number of hydrogen-bond acceptors (Lipinski definition) is 2. The Labute approximate surface area is 110 Å². The number of nitrogens with one attached hydrogen (secondary N) is 1. The summed E-state index contributed by atoms with van der Waals surface area (Å²) in [5, 5.41) is 3.46. The number of halogens is 2. The molecule has 94 valence electrons. The molecule has 17 heavy (non-hydrogen) atoms. The molecule has 1 aliphatic rings. The van der Waals surface area contributed by atoms with Gasteiger partial charge in [0.2, 0.25) is 0 Å². The van der Waals surface area contributed by atoms with E-state index in [2.05, 4.69) is 21.2 Å². The van der Waals surface area contributed by atoms with Crippen LogP contribution in [0, 0.1) is 5.82 Å². The average molecular weight is 302 g/mol. The lowest BCUT2D eigenvalue weighted by atomic mass is 10.1. The summed E-state index contributed by atoms with van der Waals surface area (Å²) in [7, 11) is 0. The number of rotatable bonds is 5. The quantitative estimate of drug-likeness (QED) is 0.841. The van der Waals surface area contributed by atoms with E-state index in [0.717, 1.165) is 25.1 Å². The third-order valence-corrected chi connectivity index (χ3v) is 3.63. The highest BCUT2D eigenvalue weighted by atomic mass is 79.9. The predicted octanol–water partition coefficient (Wildman–Crippen LogP) is 3.50. The van der Waals surface area contributed by atoms with Gasteiger partial charge in [0.1, 0.15) is 11.6 Å². The van der Waals surface area contributed by atoms with E-state index in [9.17, 15) is 4.39 Å². The van der Waals surface area contributed by atoms with Gasteiger partial charge in [-0.25, -0.2) is 4.39 Å². The summed E-state index contributed by atoms with van der Waals surface area (Å²) in [6, 6.07) is 5.41. The van der Waals surface area contributed by atoms with E-state index in [0.29, 0.717) is 17.1 Å². The second kappa shape index (κ2) is 6.36. The van der Waals surface area contributed by atoms with Crippen LogP contribution in [0.1, 0.15) is 25.7 Å². The minimum absolute atomic E-state index is 0.257. The first-order valence-corrected chi connectivity index (χ1v) is 6.86. The molecule has 0 spiro atoms. The molecule has 0 saturated carbocycles.